The SMILES string of the molecule is O=C(NCCN1CCc2sccc2C1)c1cn(C2CCNCC2)nn1. The average Bonchev–Trinajstić information content (AvgIpc) is 3.31. The maximum atomic E-state index is 12.3. The maximum absolute atomic E-state index is 12.3. The number of carbonyl (C=O) groups is 1. The Morgan fingerprint density at radius 3 is 3.16 bits per heavy atom. The van der Waals surface area contributed by atoms with Crippen molar-refractivity contribution >= 4 is 17.2 Å². The van der Waals surface area contributed by atoms with Gasteiger partial charge >= 0.3 is 0 Å². The van der Waals surface area contributed by atoms with Gasteiger partial charge in [0.25, 0.3) is 5.91 Å². The minimum absolute atomic E-state index is 0.131. The number of piperidine rings is 1. The molecule has 0 spiro atoms. The predicted octanol–water partition coefficient (Wildman–Crippen LogP) is 1.05. The lowest BCUT2D eigenvalue weighted by atomic mass is 10.1. The molecule has 2 aliphatic rings. The molecule has 4 heterocycles. The van der Waals surface area contributed by atoms with Crippen molar-refractivity contribution in [2.24, 2.45) is 0 Å². The summed E-state index contributed by atoms with van der Waals surface area (Å²) in [7, 11) is 0. The second-order valence-electron chi connectivity index (χ2n) is 6.72. The summed E-state index contributed by atoms with van der Waals surface area (Å²) in [4.78, 5) is 16.2. The minimum atomic E-state index is -0.131. The molecule has 1 saturated heterocycles. The van der Waals surface area contributed by atoms with E-state index in [0.717, 1.165) is 52.0 Å². The standard InChI is InChI=1S/C17H24N6OS/c24-17(15-12-23(21-20-15)14-1-5-18-6-2-14)19-7-9-22-8-3-16-13(11-22)4-10-25-16/h4,10,12,14,18H,1-3,5-9,11H2,(H,19,24). The normalized spacial score (nSPS) is 18.9. The summed E-state index contributed by atoms with van der Waals surface area (Å²) in [6, 6.07) is 2.56. The zero-order valence-corrected chi connectivity index (χ0v) is 15.1. The highest BCUT2D eigenvalue weighted by Crippen LogP contribution is 2.23. The van der Waals surface area contributed by atoms with Crippen molar-refractivity contribution in [2.75, 3.05) is 32.7 Å². The number of aromatic nitrogens is 3. The first-order valence-corrected chi connectivity index (χ1v) is 9.86. The third-order valence-electron chi connectivity index (χ3n) is 5.03. The molecule has 0 radical (unpaired) electrons. The van der Waals surface area contributed by atoms with Crippen LogP contribution in [0.3, 0.4) is 0 Å². The third kappa shape index (κ3) is 3.91. The van der Waals surface area contributed by atoms with Crippen LogP contribution in [0.25, 0.3) is 0 Å². The highest BCUT2D eigenvalue weighted by molar-refractivity contribution is 7.10. The number of nitrogens with zero attached hydrogens (tertiary/aromatic N) is 4. The lowest BCUT2D eigenvalue weighted by Crippen LogP contribution is -2.37. The van der Waals surface area contributed by atoms with E-state index in [4.69, 9.17) is 0 Å². The largest absolute Gasteiger partial charge is 0.349 e. The number of thiophene rings is 1. The van der Waals surface area contributed by atoms with E-state index < -0.39 is 0 Å². The molecule has 134 valence electrons. The number of rotatable bonds is 5. The molecule has 7 nitrogen and oxygen atoms in total. The van der Waals surface area contributed by atoms with Gasteiger partial charge < -0.3 is 10.6 Å². The molecule has 0 bridgehead atoms. The maximum Gasteiger partial charge on any atom is 0.273 e. The molecule has 2 aromatic rings. The second kappa shape index (κ2) is 7.63. The molecule has 25 heavy (non-hydrogen) atoms. The third-order valence-corrected chi connectivity index (χ3v) is 6.05. The van der Waals surface area contributed by atoms with Crippen molar-refractivity contribution in [2.45, 2.75) is 31.8 Å². The molecule has 0 saturated carbocycles. The van der Waals surface area contributed by atoms with Crippen LogP contribution >= 0.6 is 11.3 Å². The van der Waals surface area contributed by atoms with E-state index in [1.165, 1.54) is 10.4 Å². The van der Waals surface area contributed by atoms with Gasteiger partial charge in [-0.15, -0.1) is 16.4 Å². The summed E-state index contributed by atoms with van der Waals surface area (Å²) < 4.78 is 1.85. The van der Waals surface area contributed by atoms with Crippen molar-refractivity contribution in [3.05, 3.63) is 33.8 Å². The van der Waals surface area contributed by atoms with Crippen LogP contribution in [0.4, 0.5) is 0 Å². The van der Waals surface area contributed by atoms with E-state index in [1.54, 1.807) is 6.20 Å². The Morgan fingerprint density at radius 2 is 2.28 bits per heavy atom. The smallest absolute Gasteiger partial charge is 0.273 e. The quantitative estimate of drug-likeness (QED) is 0.834. The van der Waals surface area contributed by atoms with Crippen LogP contribution in [0, 0.1) is 0 Å². The van der Waals surface area contributed by atoms with Gasteiger partial charge in [0, 0.05) is 31.1 Å². The molecule has 2 N–H and O–H groups in total. The summed E-state index contributed by atoms with van der Waals surface area (Å²) in [6.45, 7) is 5.54. The van der Waals surface area contributed by atoms with Crippen LogP contribution in [0.2, 0.25) is 0 Å². The van der Waals surface area contributed by atoms with E-state index >= 15 is 0 Å². The molecule has 8 heteroatoms. The van der Waals surface area contributed by atoms with Crippen molar-refractivity contribution in [1.29, 1.82) is 0 Å². The molecule has 1 fully saturated rings. The van der Waals surface area contributed by atoms with Gasteiger partial charge in [0.15, 0.2) is 5.69 Å². The Balaban J connectivity index is 1.25. The van der Waals surface area contributed by atoms with Gasteiger partial charge in [-0.2, -0.15) is 0 Å². The Morgan fingerprint density at radius 1 is 1.40 bits per heavy atom. The lowest BCUT2D eigenvalue weighted by Gasteiger charge is -2.26. The van der Waals surface area contributed by atoms with Crippen molar-refractivity contribution < 1.29 is 4.79 Å². The Bertz CT molecular complexity index is 720. The van der Waals surface area contributed by atoms with Crippen molar-refractivity contribution in [3.63, 3.8) is 0 Å². The summed E-state index contributed by atoms with van der Waals surface area (Å²) in [6.07, 6.45) is 4.96. The molecule has 4 rings (SSSR count). The fourth-order valence-corrected chi connectivity index (χ4v) is 4.44. The summed E-state index contributed by atoms with van der Waals surface area (Å²) >= 11 is 1.85. The van der Waals surface area contributed by atoms with Gasteiger partial charge in [0.2, 0.25) is 0 Å². The topological polar surface area (TPSA) is 75.1 Å². The number of nitrogens with one attached hydrogen (secondary N) is 2. The molecular formula is C17H24N6OS. The van der Waals surface area contributed by atoms with Crippen LogP contribution < -0.4 is 10.6 Å². The van der Waals surface area contributed by atoms with Crippen LogP contribution in [0.5, 0.6) is 0 Å². The lowest BCUT2D eigenvalue weighted by molar-refractivity contribution is 0.0942. The Hall–Kier alpha value is -1.77. The van der Waals surface area contributed by atoms with Gasteiger partial charge in [-0.25, -0.2) is 4.68 Å². The van der Waals surface area contributed by atoms with Gasteiger partial charge in [-0.05, 0) is 49.4 Å². The minimum Gasteiger partial charge on any atom is -0.349 e. The van der Waals surface area contributed by atoms with Gasteiger partial charge in [0.05, 0.1) is 12.2 Å². The average molecular weight is 360 g/mol. The first kappa shape index (κ1) is 16.7. The predicted molar refractivity (Wildman–Crippen MR) is 96.8 cm³/mol. The Labute approximate surface area is 151 Å². The van der Waals surface area contributed by atoms with E-state index in [9.17, 15) is 4.79 Å². The van der Waals surface area contributed by atoms with E-state index in [0.29, 0.717) is 18.3 Å². The summed E-state index contributed by atoms with van der Waals surface area (Å²) in [5.74, 6) is -0.131. The molecular weight excluding hydrogens is 336 g/mol. The highest BCUT2D eigenvalue weighted by Gasteiger charge is 2.19. The van der Waals surface area contributed by atoms with Gasteiger partial charge in [-0.1, -0.05) is 5.21 Å². The molecule has 0 atom stereocenters. The molecule has 1 amide bonds. The van der Waals surface area contributed by atoms with E-state index in [-0.39, 0.29) is 5.91 Å². The van der Waals surface area contributed by atoms with Crippen LogP contribution in [0.1, 0.15) is 39.8 Å². The summed E-state index contributed by atoms with van der Waals surface area (Å²) in [5.41, 5.74) is 1.85. The van der Waals surface area contributed by atoms with Crippen molar-refractivity contribution in [1.82, 2.24) is 30.5 Å². The fourth-order valence-electron chi connectivity index (χ4n) is 3.55. The van der Waals surface area contributed by atoms with Crippen LogP contribution in [-0.2, 0) is 13.0 Å². The number of hydrogen-bond donors (Lipinski definition) is 2. The molecule has 2 aromatic heterocycles. The molecule has 2 aliphatic heterocycles. The zero-order valence-electron chi connectivity index (χ0n) is 14.3. The first-order valence-electron chi connectivity index (χ1n) is 8.98. The molecule has 0 unspecified atom stereocenters. The molecule has 0 aliphatic carbocycles. The molecule has 0 aromatic carbocycles. The number of fused-ring (bicyclic) bond motifs is 1. The number of hydrogen-bond acceptors (Lipinski definition) is 6. The van der Waals surface area contributed by atoms with Gasteiger partial charge in [0.1, 0.15) is 0 Å². The second-order valence-corrected chi connectivity index (χ2v) is 7.72. The van der Waals surface area contributed by atoms with E-state index in [1.807, 2.05) is 16.0 Å². The highest BCUT2D eigenvalue weighted by atomic mass is 32.1. The van der Waals surface area contributed by atoms with Gasteiger partial charge in [-0.3, -0.25) is 9.69 Å². The van der Waals surface area contributed by atoms with Crippen LogP contribution in [0.15, 0.2) is 17.6 Å². The number of amides is 1. The fraction of sp³-hybridized carbons (Fsp3) is 0.588. The first-order chi connectivity index (χ1) is 12.3. The van der Waals surface area contributed by atoms with E-state index in [2.05, 4.69) is 37.3 Å². The summed E-state index contributed by atoms with van der Waals surface area (Å²) in [5, 5.41) is 16.7. The number of carbonyl (C=O) groups excluding carboxylic acids is 1. The Kier molecular flexibility index (Phi) is 5.09. The van der Waals surface area contributed by atoms with Crippen LogP contribution in [-0.4, -0.2) is 58.5 Å². The zero-order chi connectivity index (χ0) is 17.1. The van der Waals surface area contributed by atoms with Crippen molar-refractivity contribution in [3.8, 4) is 0 Å². The monoisotopic (exact) mass is 360 g/mol.